The molecule has 0 spiro atoms. The van der Waals surface area contributed by atoms with Gasteiger partial charge in [-0.05, 0) is 0 Å². The van der Waals surface area contributed by atoms with E-state index in [0.29, 0.717) is 0 Å². The molecule has 12 heteroatoms. The first-order valence-corrected chi connectivity index (χ1v) is 1.22. The zero-order valence-electron chi connectivity index (χ0n) is 5.69. The van der Waals surface area contributed by atoms with E-state index < -0.39 is 0 Å². The van der Waals surface area contributed by atoms with Crippen LogP contribution < -0.4 is 0 Å². The van der Waals surface area contributed by atoms with E-state index in [1.54, 1.807) is 18.2 Å². The van der Waals surface area contributed by atoms with Crippen molar-refractivity contribution >= 4 is 31.7 Å². The zero-order chi connectivity index (χ0) is 4.00. The summed E-state index contributed by atoms with van der Waals surface area (Å²) in [6.07, 6.45) is 0. The molecular formula is H16EuO8P2S. The molecule has 87 valence electrons. The van der Waals surface area contributed by atoms with Gasteiger partial charge in [0.1, 0.15) is 18.2 Å². The number of rotatable bonds is 0. The molecule has 0 aromatic rings. The minimum Gasteiger partial charge on any atom is -0.412 e. The molecule has 0 aliphatic carbocycles. The van der Waals surface area contributed by atoms with Crippen molar-refractivity contribution in [2.45, 2.75) is 0 Å². The van der Waals surface area contributed by atoms with Crippen LogP contribution in [0.4, 0.5) is 0 Å². The van der Waals surface area contributed by atoms with Gasteiger partial charge in [-0.25, -0.2) is 0 Å². The van der Waals surface area contributed by atoms with E-state index in [1.807, 2.05) is 0 Å². The van der Waals surface area contributed by atoms with E-state index >= 15 is 0 Å². The second kappa shape index (κ2) is 508. The smallest absolute Gasteiger partial charge is 0.138 e. The molecule has 0 amide bonds. The molecule has 0 unspecified atom stereocenters. The Morgan fingerprint density at radius 2 is 0.500 bits per heavy atom. The summed E-state index contributed by atoms with van der Waals surface area (Å²) < 4.78 is 16.1. The largest absolute Gasteiger partial charge is 0.412 e. The van der Waals surface area contributed by atoms with Crippen molar-refractivity contribution in [3.05, 3.63) is 0 Å². The average Bonchev–Trinajstić information content (AvgIpc) is 1.50. The van der Waals surface area contributed by atoms with Crippen LogP contribution >= 0.6 is 31.7 Å². The molecule has 0 aliphatic rings. The fourth-order valence-corrected chi connectivity index (χ4v) is 0. The minimum absolute atomic E-state index is 0. The normalized spacial score (nSPS) is 0.667. The van der Waals surface area contributed by atoms with E-state index in [1.165, 1.54) is 0 Å². The molecular weight excluding hydrogens is 374 g/mol. The van der Waals surface area contributed by atoms with E-state index in [0.717, 1.165) is 0 Å². The van der Waals surface area contributed by atoms with Gasteiger partial charge in [-0.3, -0.25) is 9.13 Å². The quantitative estimate of drug-likeness (QED) is 0.378. The third-order valence-corrected chi connectivity index (χ3v) is 0. The minimum atomic E-state index is 0. The fraction of sp³-hybridized carbons (Fsp3) is 0. The first-order valence-electron chi connectivity index (χ1n) is 0.408. The van der Waals surface area contributed by atoms with Crippen LogP contribution in [0.2, 0.25) is 0 Å². The summed E-state index contributed by atoms with van der Waals surface area (Å²) in [7, 11) is 3.44. The van der Waals surface area contributed by atoms with E-state index in [-0.39, 0.29) is 95.7 Å². The molecule has 0 aromatic heterocycles. The molecule has 0 aliphatic heterocycles. The third kappa shape index (κ3) is 393. The Labute approximate surface area is 122 Å². The van der Waals surface area contributed by atoms with Crippen molar-refractivity contribution in [3.8, 4) is 0 Å². The summed E-state index contributed by atoms with van der Waals surface area (Å²) in [5.41, 5.74) is 0. The molecule has 12 heavy (non-hydrogen) atoms. The molecule has 0 fully saturated rings. The Kier molecular flexibility index (Phi) is 6450. The van der Waals surface area contributed by atoms with Gasteiger partial charge in [0.15, 0.2) is 0 Å². The Bertz CT molecular complexity index is 19.0. The molecule has 0 rings (SSSR count). The van der Waals surface area contributed by atoms with Crippen LogP contribution in [0.25, 0.3) is 0 Å². The molecule has 0 saturated heterocycles. The van der Waals surface area contributed by atoms with Gasteiger partial charge in [0.25, 0.3) is 0 Å². The van der Waals surface area contributed by atoms with Gasteiger partial charge in [-0.15, -0.1) is 0 Å². The molecule has 1 radical (unpaired) electrons. The summed E-state index contributed by atoms with van der Waals surface area (Å²) in [5, 5.41) is 0. The van der Waals surface area contributed by atoms with Crippen LogP contribution in [-0.2, 0) is 9.13 Å². The van der Waals surface area contributed by atoms with Gasteiger partial charge in [0.2, 0.25) is 0 Å². The summed E-state index contributed by atoms with van der Waals surface area (Å²) in [6.45, 7) is 0. The molecule has 0 aromatic carbocycles. The van der Waals surface area contributed by atoms with Gasteiger partial charge >= 0.3 is 0 Å². The van der Waals surface area contributed by atoms with Crippen molar-refractivity contribution in [2.75, 3.05) is 0 Å². The van der Waals surface area contributed by atoms with Crippen LogP contribution in [-0.4, -0.2) is 32.9 Å². The number of hydrogen-bond acceptors (Lipinski definition) is 2. The summed E-state index contributed by atoms with van der Waals surface area (Å²) in [4.78, 5) is 0. The molecule has 12 N–H and O–H groups in total. The predicted molar refractivity (Wildman–Crippen MR) is 50.1 cm³/mol. The van der Waals surface area contributed by atoms with Crippen molar-refractivity contribution in [1.82, 2.24) is 0 Å². The van der Waals surface area contributed by atoms with Crippen LogP contribution in [0.15, 0.2) is 0 Å². The third-order valence-electron chi connectivity index (χ3n) is 0. The summed E-state index contributed by atoms with van der Waals surface area (Å²) >= 11 is 0. The van der Waals surface area contributed by atoms with Gasteiger partial charge in [-0.2, -0.15) is 13.5 Å². The number of hydrogen-bond donors (Lipinski definition) is 0. The van der Waals surface area contributed by atoms with Crippen LogP contribution in [0.3, 0.4) is 0 Å². The molecule has 0 bridgehead atoms. The Morgan fingerprint density at radius 3 is 0.500 bits per heavy atom. The monoisotopic (exact) mass is 391 g/mol. The predicted octanol–water partition coefficient (Wildman–Crippen LogP) is -3.89. The van der Waals surface area contributed by atoms with Crippen LogP contribution in [0.1, 0.15) is 0 Å². The standard InChI is InChI=1S/Eu.2HOP.6H2O.H2S/c;2*1-2;;;;;;;/h;2*2H;7*1H2. The van der Waals surface area contributed by atoms with Crippen molar-refractivity contribution in [2.24, 2.45) is 0 Å². The Morgan fingerprint density at radius 1 is 0.500 bits per heavy atom. The molecule has 8 nitrogen and oxygen atoms in total. The van der Waals surface area contributed by atoms with Crippen LogP contribution in [0.5, 0.6) is 0 Å². The van der Waals surface area contributed by atoms with E-state index in [4.69, 9.17) is 9.13 Å². The van der Waals surface area contributed by atoms with Gasteiger partial charge in [0, 0.05) is 49.4 Å². The maximum absolute atomic E-state index is 8.06. The van der Waals surface area contributed by atoms with Crippen molar-refractivity contribution in [1.29, 1.82) is 0 Å². The maximum Gasteiger partial charge on any atom is 0.138 e. The Hall–Kier alpha value is 1.89. The van der Waals surface area contributed by atoms with Gasteiger partial charge in [-0.1, -0.05) is 0 Å². The fourth-order valence-electron chi connectivity index (χ4n) is 0. The van der Waals surface area contributed by atoms with Crippen molar-refractivity contribution < 1.29 is 91.4 Å². The molecule has 0 saturated carbocycles. The first-order chi connectivity index (χ1) is 2.00. The molecule has 0 heterocycles. The Balaban J connectivity index is -0.000000000500. The molecule has 0 atom stereocenters. The summed E-state index contributed by atoms with van der Waals surface area (Å²) in [6, 6.07) is 0. The second-order valence-electron chi connectivity index (χ2n) is 0. The SMILES string of the molecule is O.O.O.O.O.O.O=P.O=P.S.[Eu]. The average molecular weight is 390 g/mol. The topological polar surface area (TPSA) is 223 Å². The van der Waals surface area contributed by atoms with Crippen molar-refractivity contribution in [3.63, 3.8) is 0 Å². The zero-order valence-corrected chi connectivity index (χ0v) is 11.1. The maximum atomic E-state index is 8.06. The first kappa shape index (κ1) is 152. The van der Waals surface area contributed by atoms with Gasteiger partial charge in [0.05, 0.1) is 0 Å². The van der Waals surface area contributed by atoms with Gasteiger partial charge < -0.3 is 32.9 Å². The van der Waals surface area contributed by atoms with E-state index in [9.17, 15) is 0 Å². The van der Waals surface area contributed by atoms with Crippen LogP contribution in [0, 0.1) is 49.4 Å². The van der Waals surface area contributed by atoms with E-state index in [2.05, 4.69) is 0 Å². The summed E-state index contributed by atoms with van der Waals surface area (Å²) in [5.74, 6) is 0. The second-order valence-corrected chi connectivity index (χ2v) is 0.